The topological polar surface area (TPSA) is 68.3 Å². The number of benzene rings is 1. The van der Waals surface area contributed by atoms with Crippen molar-refractivity contribution in [2.45, 2.75) is 0 Å². The molecule has 0 aromatic heterocycles. The highest BCUT2D eigenvalue weighted by Crippen LogP contribution is 2.25. The lowest BCUT2D eigenvalue weighted by molar-refractivity contribution is 0.0512. The van der Waals surface area contributed by atoms with Gasteiger partial charge in [-0.2, -0.15) is 0 Å². The van der Waals surface area contributed by atoms with Gasteiger partial charge >= 0.3 is 0 Å². The van der Waals surface area contributed by atoms with Crippen molar-refractivity contribution < 1.29 is 9.47 Å². The number of ether oxygens (including phenoxy) is 2. The fourth-order valence-electron chi connectivity index (χ4n) is 0.908. The first-order valence-corrected chi connectivity index (χ1v) is 4.28. The molecule has 0 saturated carbocycles. The fraction of sp³-hybridized carbons (Fsp3) is 0.222. The van der Waals surface area contributed by atoms with Crippen LogP contribution in [0.25, 0.3) is 0 Å². The quantitative estimate of drug-likeness (QED) is 0.455. The van der Waals surface area contributed by atoms with Crippen molar-refractivity contribution in [3.8, 4) is 5.75 Å². The summed E-state index contributed by atoms with van der Waals surface area (Å²) in [6, 6.07) is 4.90. The van der Waals surface area contributed by atoms with E-state index in [0.29, 0.717) is 16.3 Å². The first-order chi connectivity index (χ1) is 6.65. The molecular formula is C9H11ClN2O2. The van der Waals surface area contributed by atoms with Gasteiger partial charge in [-0.05, 0) is 18.2 Å². The molecule has 0 atom stereocenters. The minimum atomic E-state index is -0.0230. The minimum Gasteiger partial charge on any atom is -0.466 e. The zero-order chi connectivity index (χ0) is 10.6. The molecule has 0 unspecified atom stereocenters. The lowest BCUT2D eigenvalue weighted by atomic mass is 10.2. The Bertz CT molecular complexity index is 342. The second-order valence-electron chi connectivity index (χ2n) is 2.61. The van der Waals surface area contributed by atoms with Crippen molar-refractivity contribution >= 4 is 17.4 Å². The fourth-order valence-corrected chi connectivity index (χ4v) is 1.14. The van der Waals surface area contributed by atoms with Crippen LogP contribution in [0, 0.1) is 5.41 Å². The molecule has 0 heterocycles. The van der Waals surface area contributed by atoms with Crippen LogP contribution in [0.2, 0.25) is 5.02 Å². The zero-order valence-corrected chi connectivity index (χ0v) is 8.47. The molecule has 0 fully saturated rings. The molecule has 14 heavy (non-hydrogen) atoms. The molecule has 0 aliphatic rings. The average molecular weight is 215 g/mol. The van der Waals surface area contributed by atoms with Crippen molar-refractivity contribution in [2.24, 2.45) is 5.73 Å². The number of halogens is 1. The van der Waals surface area contributed by atoms with Crippen molar-refractivity contribution in [1.82, 2.24) is 0 Å². The van der Waals surface area contributed by atoms with Gasteiger partial charge in [0.2, 0.25) is 0 Å². The van der Waals surface area contributed by atoms with Gasteiger partial charge in [0, 0.05) is 12.7 Å². The maximum absolute atomic E-state index is 7.19. The predicted molar refractivity (Wildman–Crippen MR) is 55.0 cm³/mol. The summed E-state index contributed by atoms with van der Waals surface area (Å²) in [4.78, 5) is 0. The van der Waals surface area contributed by atoms with E-state index in [1.54, 1.807) is 18.2 Å². The lowest BCUT2D eigenvalue weighted by Crippen LogP contribution is -2.11. The zero-order valence-electron chi connectivity index (χ0n) is 7.71. The third-order valence-corrected chi connectivity index (χ3v) is 1.87. The molecule has 4 nitrogen and oxygen atoms in total. The highest BCUT2D eigenvalue weighted by Gasteiger charge is 2.04. The molecule has 1 aromatic rings. The van der Waals surface area contributed by atoms with Gasteiger partial charge < -0.3 is 15.2 Å². The first-order valence-electron chi connectivity index (χ1n) is 3.91. The van der Waals surface area contributed by atoms with Gasteiger partial charge in [-0.3, -0.25) is 5.41 Å². The van der Waals surface area contributed by atoms with Crippen molar-refractivity contribution in [3.63, 3.8) is 0 Å². The number of hydrogen-bond acceptors (Lipinski definition) is 3. The molecule has 3 N–H and O–H groups in total. The molecule has 76 valence electrons. The van der Waals surface area contributed by atoms with E-state index in [4.69, 9.17) is 32.2 Å². The molecule has 0 saturated heterocycles. The molecule has 0 aliphatic heterocycles. The summed E-state index contributed by atoms with van der Waals surface area (Å²) in [5, 5.41) is 7.61. The normalized spacial score (nSPS) is 9.86. The highest BCUT2D eigenvalue weighted by atomic mass is 35.5. The number of nitrogens with one attached hydrogen (secondary N) is 1. The third kappa shape index (κ3) is 2.61. The molecule has 0 radical (unpaired) electrons. The average Bonchev–Trinajstić information content (AvgIpc) is 2.15. The van der Waals surface area contributed by atoms with Crippen LogP contribution in [0.15, 0.2) is 18.2 Å². The van der Waals surface area contributed by atoms with E-state index < -0.39 is 0 Å². The standard InChI is InChI=1S/C9H11ClN2O2/c1-13-5-14-8-3-2-6(9(11)12)4-7(8)10/h2-4H,5H2,1H3,(H3,11,12). The Morgan fingerprint density at radius 3 is 2.79 bits per heavy atom. The molecule has 0 bridgehead atoms. The molecule has 5 heteroatoms. The van der Waals surface area contributed by atoms with Gasteiger partial charge in [0.15, 0.2) is 6.79 Å². The van der Waals surface area contributed by atoms with E-state index in [1.807, 2.05) is 0 Å². The van der Waals surface area contributed by atoms with Crippen LogP contribution in [0.1, 0.15) is 5.56 Å². The Balaban J connectivity index is 2.84. The van der Waals surface area contributed by atoms with Crippen LogP contribution in [-0.4, -0.2) is 19.7 Å². The van der Waals surface area contributed by atoms with E-state index in [2.05, 4.69) is 0 Å². The summed E-state index contributed by atoms with van der Waals surface area (Å²) in [5.74, 6) is 0.490. The number of rotatable bonds is 4. The van der Waals surface area contributed by atoms with Gasteiger partial charge in [-0.25, -0.2) is 0 Å². The Hall–Kier alpha value is -1.26. The third-order valence-electron chi connectivity index (χ3n) is 1.58. The van der Waals surface area contributed by atoms with Crippen LogP contribution >= 0.6 is 11.6 Å². The Morgan fingerprint density at radius 2 is 2.29 bits per heavy atom. The smallest absolute Gasteiger partial charge is 0.188 e. The van der Waals surface area contributed by atoms with E-state index in [-0.39, 0.29) is 12.6 Å². The summed E-state index contributed by atoms with van der Waals surface area (Å²) in [6.07, 6.45) is 0. The largest absolute Gasteiger partial charge is 0.466 e. The lowest BCUT2D eigenvalue weighted by Gasteiger charge is -2.07. The van der Waals surface area contributed by atoms with E-state index in [9.17, 15) is 0 Å². The molecule has 0 amide bonds. The van der Waals surface area contributed by atoms with Gasteiger partial charge in [0.25, 0.3) is 0 Å². The second kappa shape index (κ2) is 4.83. The minimum absolute atomic E-state index is 0.0230. The SMILES string of the molecule is COCOc1ccc(C(=N)N)cc1Cl. The van der Waals surface area contributed by atoms with Crippen LogP contribution in [0.4, 0.5) is 0 Å². The van der Waals surface area contributed by atoms with E-state index in [1.165, 1.54) is 7.11 Å². The van der Waals surface area contributed by atoms with Crippen LogP contribution in [0.5, 0.6) is 5.75 Å². The number of hydrogen-bond donors (Lipinski definition) is 2. The van der Waals surface area contributed by atoms with Crippen molar-refractivity contribution in [2.75, 3.05) is 13.9 Å². The first kappa shape index (κ1) is 10.8. The highest BCUT2D eigenvalue weighted by molar-refractivity contribution is 6.32. The molecule has 1 rings (SSSR count). The molecule has 0 aliphatic carbocycles. The van der Waals surface area contributed by atoms with Crippen LogP contribution in [0.3, 0.4) is 0 Å². The molecule has 0 spiro atoms. The summed E-state index contributed by atoms with van der Waals surface area (Å²) in [7, 11) is 1.53. The Labute approximate surface area is 87.1 Å². The number of amidine groups is 1. The maximum Gasteiger partial charge on any atom is 0.188 e. The van der Waals surface area contributed by atoms with Gasteiger partial charge in [-0.15, -0.1) is 0 Å². The van der Waals surface area contributed by atoms with Crippen LogP contribution < -0.4 is 10.5 Å². The monoisotopic (exact) mass is 214 g/mol. The second-order valence-corrected chi connectivity index (χ2v) is 3.02. The summed E-state index contributed by atoms with van der Waals surface area (Å²) < 4.78 is 9.89. The molecular weight excluding hydrogens is 204 g/mol. The summed E-state index contributed by atoms with van der Waals surface area (Å²) >= 11 is 5.88. The number of methoxy groups -OCH3 is 1. The summed E-state index contributed by atoms with van der Waals surface area (Å²) in [6.45, 7) is 0.138. The van der Waals surface area contributed by atoms with Gasteiger partial charge in [0.05, 0.1) is 5.02 Å². The number of nitrogen functional groups attached to an aromatic ring is 1. The predicted octanol–water partition coefficient (Wildman–Crippen LogP) is 1.61. The maximum atomic E-state index is 7.19. The summed E-state index contributed by atoms with van der Waals surface area (Å²) in [5.41, 5.74) is 5.86. The van der Waals surface area contributed by atoms with Gasteiger partial charge in [-0.1, -0.05) is 11.6 Å². The number of nitrogens with two attached hydrogens (primary N) is 1. The van der Waals surface area contributed by atoms with E-state index in [0.717, 1.165) is 0 Å². The van der Waals surface area contributed by atoms with Crippen molar-refractivity contribution in [3.05, 3.63) is 28.8 Å². The molecule has 1 aromatic carbocycles. The van der Waals surface area contributed by atoms with E-state index >= 15 is 0 Å². The Kier molecular flexibility index (Phi) is 3.73. The van der Waals surface area contributed by atoms with Crippen LogP contribution in [-0.2, 0) is 4.74 Å². The van der Waals surface area contributed by atoms with Gasteiger partial charge in [0.1, 0.15) is 11.6 Å². The Morgan fingerprint density at radius 1 is 1.57 bits per heavy atom. The van der Waals surface area contributed by atoms with Crippen molar-refractivity contribution in [1.29, 1.82) is 5.41 Å².